The number of methoxy groups -OCH3 is 2. The van der Waals surface area contributed by atoms with Gasteiger partial charge in [-0.2, -0.15) is 0 Å². The molecule has 1 atom stereocenters. The van der Waals surface area contributed by atoms with Crippen molar-refractivity contribution in [2.45, 2.75) is 32.5 Å². The Morgan fingerprint density at radius 2 is 1.71 bits per heavy atom. The molecular formula is C26H28FN3O4. The lowest BCUT2D eigenvalue weighted by molar-refractivity contribution is -0.140. The molecule has 178 valence electrons. The molecule has 0 fully saturated rings. The van der Waals surface area contributed by atoms with Crippen LogP contribution in [0.2, 0.25) is 0 Å². The Morgan fingerprint density at radius 1 is 1.00 bits per heavy atom. The molecule has 1 N–H and O–H groups in total. The van der Waals surface area contributed by atoms with Gasteiger partial charge in [-0.05, 0) is 53.9 Å². The molecule has 0 saturated heterocycles. The Morgan fingerprint density at radius 3 is 2.35 bits per heavy atom. The zero-order valence-corrected chi connectivity index (χ0v) is 19.5. The third-order valence-electron chi connectivity index (χ3n) is 5.43. The molecule has 0 aliphatic rings. The minimum atomic E-state index is -0.755. The van der Waals surface area contributed by atoms with Gasteiger partial charge in [-0.15, -0.1) is 0 Å². The lowest BCUT2D eigenvalue weighted by Gasteiger charge is -2.29. The van der Waals surface area contributed by atoms with E-state index in [1.165, 1.54) is 24.1 Å². The highest BCUT2D eigenvalue weighted by Crippen LogP contribution is 2.28. The Labute approximate surface area is 198 Å². The van der Waals surface area contributed by atoms with Crippen LogP contribution in [-0.2, 0) is 29.1 Å². The highest BCUT2D eigenvalue weighted by atomic mass is 19.1. The van der Waals surface area contributed by atoms with Crippen molar-refractivity contribution in [2.24, 2.45) is 0 Å². The van der Waals surface area contributed by atoms with Gasteiger partial charge in [0.05, 0.1) is 20.6 Å². The molecule has 0 radical (unpaired) electrons. The van der Waals surface area contributed by atoms with Crippen LogP contribution in [0.4, 0.5) is 4.39 Å². The maximum atomic E-state index is 13.4. The summed E-state index contributed by atoms with van der Waals surface area (Å²) in [6, 6.07) is 14.0. The molecule has 0 bridgehead atoms. The molecule has 0 saturated carbocycles. The molecule has 2 amide bonds. The van der Waals surface area contributed by atoms with Crippen LogP contribution in [0.15, 0.2) is 67.0 Å². The fourth-order valence-electron chi connectivity index (χ4n) is 3.48. The summed E-state index contributed by atoms with van der Waals surface area (Å²) in [5.41, 5.74) is 2.29. The molecule has 0 spiro atoms. The molecule has 0 unspecified atom stereocenters. The van der Waals surface area contributed by atoms with Crippen molar-refractivity contribution >= 4 is 11.8 Å². The number of carbonyl (C=O) groups excluding carboxylic acids is 2. The van der Waals surface area contributed by atoms with Crippen LogP contribution >= 0.6 is 0 Å². The number of nitrogens with zero attached hydrogens (tertiary/aromatic N) is 2. The van der Waals surface area contributed by atoms with Gasteiger partial charge in [0.2, 0.25) is 11.8 Å². The maximum absolute atomic E-state index is 13.4. The van der Waals surface area contributed by atoms with E-state index < -0.39 is 6.04 Å². The van der Waals surface area contributed by atoms with Gasteiger partial charge in [-0.3, -0.25) is 14.6 Å². The highest BCUT2D eigenvalue weighted by molar-refractivity contribution is 5.88. The fraction of sp³-hybridized carbons (Fsp3) is 0.269. The Balaban J connectivity index is 1.78. The summed E-state index contributed by atoms with van der Waals surface area (Å²) < 4.78 is 24.0. The van der Waals surface area contributed by atoms with Crippen LogP contribution in [0.3, 0.4) is 0 Å². The van der Waals surface area contributed by atoms with E-state index in [1.54, 1.807) is 62.8 Å². The molecule has 3 rings (SSSR count). The monoisotopic (exact) mass is 465 g/mol. The summed E-state index contributed by atoms with van der Waals surface area (Å²) in [6.45, 7) is 2.13. The number of amides is 2. The summed E-state index contributed by atoms with van der Waals surface area (Å²) in [6.07, 6.45) is 3.39. The molecule has 8 heteroatoms. The topological polar surface area (TPSA) is 80.8 Å². The number of halogens is 1. The molecule has 2 aromatic carbocycles. The number of ether oxygens (including phenoxy) is 2. The predicted octanol–water partition coefficient (Wildman–Crippen LogP) is 3.51. The van der Waals surface area contributed by atoms with E-state index in [9.17, 15) is 14.0 Å². The lowest BCUT2D eigenvalue weighted by atomic mass is 10.1. The second kappa shape index (κ2) is 11.8. The summed E-state index contributed by atoms with van der Waals surface area (Å²) in [7, 11) is 3.07. The molecule has 34 heavy (non-hydrogen) atoms. The minimum Gasteiger partial charge on any atom is -0.493 e. The van der Waals surface area contributed by atoms with E-state index in [4.69, 9.17) is 9.47 Å². The van der Waals surface area contributed by atoms with Gasteiger partial charge >= 0.3 is 0 Å². The van der Waals surface area contributed by atoms with Crippen LogP contribution in [0.1, 0.15) is 23.6 Å². The van der Waals surface area contributed by atoms with Gasteiger partial charge in [-0.1, -0.05) is 24.3 Å². The third kappa shape index (κ3) is 6.54. The zero-order chi connectivity index (χ0) is 24.5. The van der Waals surface area contributed by atoms with Gasteiger partial charge in [0, 0.05) is 25.5 Å². The van der Waals surface area contributed by atoms with E-state index in [2.05, 4.69) is 10.3 Å². The first-order chi connectivity index (χ1) is 16.4. The highest BCUT2D eigenvalue weighted by Gasteiger charge is 2.26. The molecule has 0 aliphatic carbocycles. The molecule has 3 aromatic rings. The van der Waals surface area contributed by atoms with Crippen LogP contribution in [-0.4, -0.2) is 42.0 Å². The van der Waals surface area contributed by atoms with Crippen molar-refractivity contribution in [1.82, 2.24) is 15.2 Å². The number of aromatic nitrogens is 1. The maximum Gasteiger partial charge on any atom is 0.242 e. The minimum absolute atomic E-state index is 0.0573. The number of hydrogen-bond donors (Lipinski definition) is 1. The van der Waals surface area contributed by atoms with Crippen LogP contribution in [0.5, 0.6) is 11.5 Å². The molecular weight excluding hydrogens is 437 g/mol. The van der Waals surface area contributed by atoms with Crippen molar-refractivity contribution in [3.63, 3.8) is 0 Å². The van der Waals surface area contributed by atoms with Gasteiger partial charge < -0.3 is 19.7 Å². The number of hydrogen-bond acceptors (Lipinski definition) is 5. The van der Waals surface area contributed by atoms with Crippen molar-refractivity contribution in [3.8, 4) is 11.5 Å². The normalized spacial score (nSPS) is 11.4. The average Bonchev–Trinajstić information content (AvgIpc) is 2.86. The Hall–Kier alpha value is -3.94. The molecule has 0 aliphatic heterocycles. The number of nitrogens with one attached hydrogen (secondary N) is 1. The first-order valence-electron chi connectivity index (χ1n) is 10.8. The predicted molar refractivity (Wildman–Crippen MR) is 126 cm³/mol. The molecule has 1 aromatic heterocycles. The first-order valence-corrected chi connectivity index (χ1v) is 10.8. The summed E-state index contributed by atoms with van der Waals surface area (Å²) in [5, 5.41) is 2.86. The van der Waals surface area contributed by atoms with Crippen LogP contribution in [0, 0.1) is 5.82 Å². The van der Waals surface area contributed by atoms with E-state index in [-0.39, 0.29) is 30.6 Å². The smallest absolute Gasteiger partial charge is 0.242 e. The summed E-state index contributed by atoms with van der Waals surface area (Å²) >= 11 is 0. The molecule has 1 heterocycles. The van der Waals surface area contributed by atoms with E-state index >= 15 is 0 Å². The summed E-state index contributed by atoms with van der Waals surface area (Å²) in [4.78, 5) is 31.8. The van der Waals surface area contributed by atoms with Crippen LogP contribution in [0.25, 0.3) is 0 Å². The first kappa shape index (κ1) is 24.7. The second-order valence-electron chi connectivity index (χ2n) is 7.77. The van der Waals surface area contributed by atoms with E-state index in [0.717, 1.165) is 11.1 Å². The Kier molecular flexibility index (Phi) is 8.56. The fourth-order valence-corrected chi connectivity index (χ4v) is 3.48. The standard InChI is InChI=1S/C26H28FN3O4/c1-18(26(32)29-16-21-5-4-12-28-15-21)30(17-19-6-9-22(27)10-7-19)25(31)14-20-8-11-23(33-2)24(13-20)34-3/h4-13,15,18H,14,16-17H2,1-3H3,(H,29,32)/t18-/m0/s1. The number of benzene rings is 2. The second-order valence-corrected chi connectivity index (χ2v) is 7.77. The SMILES string of the molecule is COc1ccc(CC(=O)N(Cc2ccc(F)cc2)[C@@H](C)C(=O)NCc2cccnc2)cc1OC. The molecule has 7 nitrogen and oxygen atoms in total. The van der Waals surface area contributed by atoms with Gasteiger partial charge in [-0.25, -0.2) is 4.39 Å². The van der Waals surface area contributed by atoms with Crippen molar-refractivity contribution in [1.29, 1.82) is 0 Å². The van der Waals surface area contributed by atoms with Gasteiger partial charge in [0.25, 0.3) is 0 Å². The van der Waals surface area contributed by atoms with E-state index in [1.807, 2.05) is 6.07 Å². The number of rotatable bonds is 10. The van der Waals surface area contributed by atoms with Crippen molar-refractivity contribution in [3.05, 3.63) is 89.5 Å². The van der Waals surface area contributed by atoms with Crippen LogP contribution < -0.4 is 14.8 Å². The van der Waals surface area contributed by atoms with Gasteiger partial charge in [0.15, 0.2) is 11.5 Å². The summed E-state index contributed by atoms with van der Waals surface area (Å²) in [5.74, 6) is 0.159. The quantitative estimate of drug-likeness (QED) is 0.496. The van der Waals surface area contributed by atoms with Gasteiger partial charge in [0.1, 0.15) is 11.9 Å². The third-order valence-corrected chi connectivity index (χ3v) is 5.43. The number of carbonyl (C=O) groups is 2. The number of pyridine rings is 1. The zero-order valence-electron chi connectivity index (χ0n) is 19.5. The van der Waals surface area contributed by atoms with E-state index in [0.29, 0.717) is 23.6 Å². The Bertz CT molecular complexity index is 1110. The lowest BCUT2D eigenvalue weighted by Crippen LogP contribution is -2.48. The van der Waals surface area contributed by atoms with Crippen molar-refractivity contribution < 1.29 is 23.5 Å². The van der Waals surface area contributed by atoms with Crippen molar-refractivity contribution in [2.75, 3.05) is 14.2 Å². The average molecular weight is 466 g/mol. The largest absolute Gasteiger partial charge is 0.493 e.